The quantitative estimate of drug-likeness (QED) is 0.277. The Morgan fingerprint density at radius 3 is 2.03 bits per heavy atom. The van der Waals surface area contributed by atoms with Gasteiger partial charge in [0.2, 0.25) is 0 Å². The van der Waals surface area contributed by atoms with E-state index in [2.05, 4.69) is 35.4 Å². The molecular weight excluding hydrogens is 614 g/mol. The van der Waals surface area contributed by atoms with Crippen LogP contribution >= 0.6 is 15.9 Å². The highest BCUT2D eigenvalue weighted by Gasteiger charge is 2.32. The summed E-state index contributed by atoms with van der Waals surface area (Å²) in [4.78, 5) is 12.4. The number of benzene rings is 3. The van der Waals surface area contributed by atoms with Gasteiger partial charge < -0.3 is 19.9 Å². The summed E-state index contributed by atoms with van der Waals surface area (Å²) in [5.74, 6) is -2.73. The summed E-state index contributed by atoms with van der Waals surface area (Å²) in [6.45, 7) is -0.351. The van der Waals surface area contributed by atoms with Crippen molar-refractivity contribution < 1.29 is 54.1 Å². The zero-order chi connectivity index (χ0) is 28.3. The number of phenolic OH excluding ortho intramolecular Hbond substituents is 1. The SMILES string of the molecule is O=C(NCc1ccc(OC(F)(F)F)cc1O)c1cc(Br)ccc1NS(=O)(=O)c1ccc(OC(F)(F)F)cc1. The molecule has 0 unspecified atom stereocenters. The molecule has 0 aliphatic heterocycles. The summed E-state index contributed by atoms with van der Waals surface area (Å²) >= 11 is 3.15. The van der Waals surface area contributed by atoms with Crippen molar-refractivity contribution in [2.24, 2.45) is 0 Å². The molecule has 0 saturated heterocycles. The molecule has 0 heterocycles. The van der Waals surface area contributed by atoms with Crippen molar-refractivity contribution >= 4 is 37.5 Å². The van der Waals surface area contributed by atoms with Gasteiger partial charge in [0.25, 0.3) is 15.9 Å². The molecule has 0 atom stereocenters. The zero-order valence-electron chi connectivity index (χ0n) is 18.5. The predicted octanol–water partition coefficient (Wildman–Crippen LogP) is 5.68. The first-order valence-electron chi connectivity index (χ1n) is 10.1. The van der Waals surface area contributed by atoms with E-state index in [1.807, 2.05) is 0 Å². The second kappa shape index (κ2) is 11.0. The van der Waals surface area contributed by atoms with Gasteiger partial charge in [0.15, 0.2) is 0 Å². The Morgan fingerprint density at radius 1 is 0.868 bits per heavy atom. The molecule has 0 aromatic heterocycles. The monoisotopic (exact) mass is 628 g/mol. The van der Waals surface area contributed by atoms with Gasteiger partial charge in [-0.15, -0.1) is 26.3 Å². The number of phenols is 1. The fourth-order valence-corrected chi connectivity index (χ4v) is 4.42. The van der Waals surface area contributed by atoms with Crippen LogP contribution in [0, 0.1) is 0 Å². The lowest BCUT2D eigenvalue weighted by Crippen LogP contribution is -2.25. The van der Waals surface area contributed by atoms with Gasteiger partial charge in [-0.1, -0.05) is 15.9 Å². The average Bonchev–Trinajstić information content (AvgIpc) is 2.77. The third-order valence-electron chi connectivity index (χ3n) is 4.57. The number of nitrogens with one attached hydrogen (secondary N) is 2. The number of aromatic hydroxyl groups is 1. The number of hydrogen-bond donors (Lipinski definition) is 3. The van der Waals surface area contributed by atoms with Gasteiger partial charge in [0, 0.05) is 22.6 Å². The molecule has 16 heteroatoms. The van der Waals surface area contributed by atoms with Gasteiger partial charge in [-0.3, -0.25) is 9.52 Å². The smallest absolute Gasteiger partial charge is 0.507 e. The minimum absolute atomic E-state index is 0.0335. The third-order valence-corrected chi connectivity index (χ3v) is 6.44. The summed E-state index contributed by atoms with van der Waals surface area (Å²) in [6, 6.07) is 10.0. The van der Waals surface area contributed by atoms with Crippen LogP contribution in [0.15, 0.2) is 70.0 Å². The van der Waals surface area contributed by atoms with Crippen molar-refractivity contribution in [1.29, 1.82) is 0 Å². The van der Waals surface area contributed by atoms with Gasteiger partial charge in [-0.05, 0) is 54.6 Å². The Bertz CT molecular complexity index is 1430. The maximum Gasteiger partial charge on any atom is 0.573 e. The number of halogens is 7. The lowest BCUT2D eigenvalue weighted by Gasteiger charge is -2.15. The van der Waals surface area contributed by atoms with Crippen LogP contribution in [0.2, 0.25) is 0 Å². The Balaban J connectivity index is 1.76. The van der Waals surface area contributed by atoms with E-state index in [0.29, 0.717) is 10.5 Å². The highest BCUT2D eigenvalue weighted by atomic mass is 79.9. The lowest BCUT2D eigenvalue weighted by molar-refractivity contribution is -0.275. The molecule has 0 aliphatic carbocycles. The normalized spacial score (nSPS) is 12.1. The highest BCUT2D eigenvalue weighted by Crippen LogP contribution is 2.29. The molecule has 0 radical (unpaired) electrons. The topological polar surface area (TPSA) is 114 Å². The van der Waals surface area contributed by atoms with Crippen LogP contribution in [0.5, 0.6) is 17.2 Å². The molecule has 0 saturated carbocycles. The summed E-state index contributed by atoms with van der Waals surface area (Å²) in [7, 11) is -4.36. The van der Waals surface area contributed by atoms with Crippen molar-refractivity contribution in [2.45, 2.75) is 24.2 Å². The molecule has 1 amide bonds. The number of carbonyl (C=O) groups is 1. The zero-order valence-corrected chi connectivity index (χ0v) is 20.9. The van der Waals surface area contributed by atoms with E-state index < -0.39 is 50.8 Å². The molecule has 8 nitrogen and oxygen atoms in total. The van der Waals surface area contributed by atoms with Crippen LogP contribution in [0.3, 0.4) is 0 Å². The maximum atomic E-state index is 12.8. The number of amides is 1. The Labute approximate surface area is 219 Å². The first-order valence-corrected chi connectivity index (χ1v) is 12.3. The van der Waals surface area contributed by atoms with Crippen molar-refractivity contribution in [3.8, 4) is 17.2 Å². The summed E-state index contributed by atoms with van der Waals surface area (Å²) < 4.78 is 109. The molecule has 0 spiro atoms. The van der Waals surface area contributed by atoms with E-state index in [4.69, 9.17) is 0 Å². The van der Waals surface area contributed by atoms with Crippen LogP contribution in [-0.2, 0) is 16.6 Å². The van der Waals surface area contributed by atoms with Crippen LogP contribution < -0.4 is 19.5 Å². The Morgan fingerprint density at radius 2 is 1.45 bits per heavy atom. The van der Waals surface area contributed by atoms with Crippen molar-refractivity contribution in [3.63, 3.8) is 0 Å². The van der Waals surface area contributed by atoms with Crippen LogP contribution in [-0.4, -0.2) is 32.2 Å². The standard InChI is InChI=1S/C22H15BrF6N2O6S/c23-13-2-8-18(31-38(34,35)16-6-4-14(5-7-16)36-21(24,25)26)17(9-13)20(33)30-11-12-1-3-15(10-19(12)32)37-22(27,28)29/h1-10,31-32H,11H2,(H,30,33). The molecule has 0 bridgehead atoms. The number of alkyl halides is 6. The van der Waals surface area contributed by atoms with Gasteiger partial charge >= 0.3 is 12.7 Å². The molecule has 0 aliphatic rings. The van der Waals surface area contributed by atoms with E-state index in [1.165, 1.54) is 18.2 Å². The molecular formula is C22H15BrF6N2O6S. The molecule has 3 rings (SSSR count). The van der Waals surface area contributed by atoms with E-state index in [1.54, 1.807) is 0 Å². The van der Waals surface area contributed by atoms with Crippen LogP contribution in [0.4, 0.5) is 32.0 Å². The van der Waals surface area contributed by atoms with Gasteiger partial charge in [0.05, 0.1) is 16.1 Å². The van der Waals surface area contributed by atoms with E-state index >= 15 is 0 Å². The van der Waals surface area contributed by atoms with Gasteiger partial charge in [-0.25, -0.2) is 8.42 Å². The number of hydrogen-bond acceptors (Lipinski definition) is 6. The number of carbonyl (C=O) groups excluding carboxylic acids is 1. The number of sulfonamides is 1. The third kappa shape index (κ3) is 8.17. The second-order valence-electron chi connectivity index (χ2n) is 7.34. The fraction of sp³-hybridized carbons (Fsp3) is 0.136. The summed E-state index contributed by atoms with van der Waals surface area (Å²) in [5.41, 5.74) is -0.345. The first-order chi connectivity index (χ1) is 17.5. The minimum atomic E-state index is -4.97. The van der Waals surface area contributed by atoms with Gasteiger partial charge in [-0.2, -0.15) is 0 Å². The first kappa shape index (κ1) is 28.9. The molecule has 3 N–H and O–H groups in total. The average molecular weight is 629 g/mol. The van der Waals surface area contributed by atoms with E-state index in [-0.39, 0.29) is 23.4 Å². The van der Waals surface area contributed by atoms with Gasteiger partial charge in [0.1, 0.15) is 17.2 Å². The predicted molar refractivity (Wildman–Crippen MR) is 124 cm³/mol. The summed E-state index contributed by atoms with van der Waals surface area (Å²) in [5, 5.41) is 12.4. The number of ether oxygens (including phenoxy) is 2. The molecule has 204 valence electrons. The number of rotatable bonds is 8. The Hall–Kier alpha value is -3.66. The lowest BCUT2D eigenvalue weighted by atomic mass is 10.1. The van der Waals surface area contributed by atoms with Crippen molar-refractivity contribution in [3.05, 3.63) is 76.3 Å². The molecule has 38 heavy (non-hydrogen) atoms. The number of anilines is 1. The van der Waals surface area contributed by atoms with E-state index in [9.17, 15) is 44.7 Å². The molecule has 0 fully saturated rings. The maximum absolute atomic E-state index is 12.8. The molecule has 3 aromatic carbocycles. The van der Waals surface area contributed by atoms with Crippen LogP contribution in [0.25, 0.3) is 0 Å². The molecule has 3 aromatic rings. The van der Waals surface area contributed by atoms with Crippen LogP contribution in [0.1, 0.15) is 15.9 Å². The largest absolute Gasteiger partial charge is 0.573 e. The fourth-order valence-electron chi connectivity index (χ4n) is 2.98. The highest BCUT2D eigenvalue weighted by molar-refractivity contribution is 9.10. The van der Waals surface area contributed by atoms with E-state index in [0.717, 1.165) is 36.4 Å². The minimum Gasteiger partial charge on any atom is -0.507 e. The summed E-state index contributed by atoms with van der Waals surface area (Å²) in [6.07, 6.45) is -9.93. The Kier molecular flexibility index (Phi) is 8.36. The van der Waals surface area contributed by atoms with Crippen molar-refractivity contribution in [1.82, 2.24) is 5.32 Å². The van der Waals surface area contributed by atoms with Crippen molar-refractivity contribution in [2.75, 3.05) is 4.72 Å². The second-order valence-corrected chi connectivity index (χ2v) is 9.93.